The molecule has 184 valence electrons. The highest BCUT2D eigenvalue weighted by molar-refractivity contribution is 9.10. The van der Waals surface area contributed by atoms with E-state index in [0.717, 1.165) is 45.6 Å². The van der Waals surface area contributed by atoms with E-state index in [1.54, 1.807) is 6.20 Å². The van der Waals surface area contributed by atoms with Gasteiger partial charge in [-0.15, -0.1) is 0 Å². The van der Waals surface area contributed by atoms with Gasteiger partial charge in [-0.3, -0.25) is 20.1 Å². The van der Waals surface area contributed by atoms with Gasteiger partial charge in [0.1, 0.15) is 0 Å². The number of hydrazine groups is 1. The van der Waals surface area contributed by atoms with Crippen molar-refractivity contribution in [2.75, 3.05) is 50.0 Å². The average molecular weight is 531 g/mol. The number of halogens is 1. The number of benzene rings is 1. The number of piperazine rings is 1. The fourth-order valence-electron chi connectivity index (χ4n) is 4.89. The van der Waals surface area contributed by atoms with Crippen molar-refractivity contribution in [2.45, 2.75) is 45.6 Å². The molecule has 1 amide bonds. The third-order valence-corrected chi connectivity index (χ3v) is 7.34. The van der Waals surface area contributed by atoms with Crippen LogP contribution in [0.2, 0.25) is 0 Å². The Balaban J connectivity index is 1.39. The van der Waals surface area contributed by atoms with E-state index in [2.05, 4.69) is 60.2 Å². The summed E-state index contributed by atoms with van der Waals surface area (Å²) in [5, 5.41) is 1.82. The largest absolute Gasteiger partial charge is 0.368 e. The number of nitrogens with one attached hydrogen (secondary N) is 1. The SMILES string of the molecule is CCCN1CCN(Cc2ccc(C(=O)NN(CC3CCCC3)c3nc(N)ncc3Br)cc2)CC1. The Morgan fingerprint density at radius 3 is 2.50 bits per heavy atom. The monoisotopic (exact) mass is 529 g/mol. The molecule has 0 atom stereocenters. The molecule has 2 aliphatic rings. The van der Waals surface area contributed by atoms with Crippen molar-refractivity contribution < 1.29 is 4.79 Å². The highest BCUT2D eigenvalue weighted by atomic mass is 79.9. The van der Waals surface area contributed by atoms with E-state index in [0.29, 0.717) is 28.3 Å². The predicted molar refractivity (Wildman–Crippen MR) is 139 cm³/mol. The van der Waals surface area contributed by atoms with Crippen LogP contribution in [0.25, 0.3) is 0 Å². The molecule has 4 rings (SSSR count). The van der Waals surface area contributed by atoms with Gasteiger partial charge in [-0.2, -0.15) is 4.98 Å². The van der Waals surface area contributed by atoms with Gasteiger partial charge in [0.05, 0.1) is 4.47 Å². The smallest absolute Gasteiger partial charge is 0.269 e. The Morgan fingerprint density at radius 2 is 1.82 bits per heavy atom. The summed E-state index contributed by atoms with van der Waals surface area (Å²) in [5.41, 5.74) is 10.8. The molecular weight excluding hydrogens is 494 g/mol. The van der Waals surface area contributed by atoms with E-state index in [1.165, 1.54) is 31.4 Å². The minimum Gasteiger partial charge on any atom is -0.368 e. The second-order valence-electron chi connectivity index (χ2n) is 9.42. The summed E-state index contributed by atoms with van der Waals surface area (Å²) in [6.07, 6.45) is 7.62. The molecule has 0 bridgehead atoms. The number of aromatic nitrogens is 2. The molecule has 0 spiro atoms. The van der Waals surface area contributed by atoms with Gasteiger partial charge in [-0.05, 0) is 65.4 Å². The summed E-state index contributed by atoms with van der Waals surface area (Å²) >= 11 is 3.51. The molecule has 1 saturated heterocycles. The first-order valence-electron chi connectivity index (χ1n) is 12.4. The van der Waals surface area contributed by atoms with Crippen molar-refractivity contribution >= 4 is 33.6 Å². The minimum atomic E-state index is -0.151. The van der Waals surface area contributed by atoms with E-state index in [9.17, 15) is 4.79 Å². The van der Waals surface area contributed by atoms with Crippen LogP contribution >= 0.6 is 15.9 Å². The number of rotatable bonds is 9. The lowest BCUT2D eigenvalue weighted by atomic mass is 10.1. The number of nitrogen functional groups attached to an aromatic ring is 1. The molecule has 1 saturated carbocycles. The molecule has 1 aliphatic carbocycles. The van der Waals surface area contributed by atoms with Crippen molar-refractivity contribution in [3.8, 4) is 0 Å². The van der Waals surface area contributed by atoms with Crippen LogP contribution in [0, 0.1) is 5.92 Å². The third-order valence-electron chi connectivity index (χ3n) is 6.78. The van der Waals surface area contributed by atoms with Crippen molar-refractivity contribution in [3.63, 3.8) is 0 Å². The number of hydrogen-bond donors (Lipinski definition) is 2. The lowest BCUT2D eigenvalue weighted by Crippen LogP contribution is -2.46. The van der Waals surface area contributed by atoms with Crippen LogP contribution in [0.15, 0.2) is 34.9 Å². The summed E-state index contributed by atoms with van der Waals surface area (Å²) in [6, 6.07) is 7.95. The van der Waals surface area contributed by atoms with E-state index in [4.69, 9.17) is 5.73 Å². The standard InChI is InChI=1S/C25H36BrN7O/c1-2-11-31-12-14-32(15-13-31)17-20-7-9-21(10-8-20)24(34)30-33(18-19-5-3-4-6-19)23-22(26)16-28-25(27)29-23/h7-10,16,19H,2-6,11-15,17-18H2,1H3,(H,30,34)(H2,27,28,29). The quantitative estimate of drug-likeness (QED) is 0.478. The predicted octanol–water partition coefficient (Wildman–Crippen LogP) is 3.69. The van der Waals surface area contributed by atoms with Crippen LogP contribution in [-0.4, -0.2) is 64.9 Å². The van der Waals surface area contributed by atoms with Crippen molar-refractivity contribution in [2.24, 2.45) is 5.92 Å². The zero-order valence-electron chi connectivity index (χ0n) is 20.0. The normalized spacial score (nSPS) is 17.7. The number of nitrogens with zero attached hydrogens (tertiary/aromatic N) is 5. The molecule has 2 aromatic rings. The lowest BCUT2D eigenvalue weighted by Gasteiger charge is -2.34. The summed E-state index contributed by atoms with van der Waals surface area (Å²) in [4.78, 5) is 26.6. The molecule has 1 aromatic heterocycles. The summed E-state index contributed by atoms with van der Waals surface area (Å²) < 4.78 is 0.703. The molecule has 9 heteroatoms. The zero-order chi connectivity index (χ0) is 23.9. The second-order valence-corrected chi connectivity index (χ2v) is 10.3. The average Bonchev–Trinajstić information content (AvgIpc) is 3.35. The molecule has 0 radical (unpaired) electrons. The van der Waals surface area contributed by atoms with Crippen LogP contribution in [0.5, 0.6) is 0 Å². The zero-order valence-corrected chi connectivity index (χ0v) is 21.6. The van der Waals surface area contributed by atoms with Crippen LogP contribution in [-0.2, 0) is 6.54 Å². The molecule has 8 nitrogen and oxygen atoms in total. The molecule has 0 unspecified atom stereocenters. The number of hydrogen-bond acceptors (Lipinski definition) is 7. The molecule has 3 N–H and O–H groups in total. The highest BCUT2D eigenvalue weighted by Crippen LogP contribution is 2.29. The number of carbonyl (C=O) groups excluding carboxylic acids is 1. The number of amides is 1. The number of anilines is 2. The van der Waals surface area contributed by atoms with Crippen molar-refractivity contribution in [1.82, 2.24) is 25.2 Å². The van der Waals surface area contributed by atoms with E-state index >= 15 is 0 Å². The fraction of sp³-hybridized carbons (Fsp3) is 0.560. The van der Waals surface area contributed by atoms with Crippen molar-refractivity contribution in [1.29, 1.82) is 0 Å². The molecule has 1 aromatic carbocycles. The first-order chi connectivity index (χ1) is 16.5. The summed E-state index contributed by atoms with van der Waals surface area (Å²) in [5.74, 6) is 1.14. The van der Waals surface area contributed by atoms with Gasteiger partial charge >= 0.3 is 0 Å². The number of carbonyl (C=O) groups is 1. The maximum atomic E-state index is 13.1. The third kappa shape index (κ3) is 6.67. The van der Waals surface area contributed by atoms with Crippen LogP contribution in [0.3, 0.4) is 0 Å². The maximum absolute atomic E-state index is 13.1. The molecule has 34 heavy (non-hydrogen) atoms. The van der Waals surface area contributed by atoms with E-state index in [-0.39, 0.29) is 11.9 Å². The Hall–Kier alpha value is -2.23. The van der Waals surface area contributed by atoms with Crippen molar-refractivity contribution in [3.05, 3.63) is 46.1 Å². The van der Waals surface area contributed by atoms with Gasteiger partial charge < -0.3 is 10.6 Å². The van der Waals surface area contributed by atoms with Gasteiger partial charge in [0.2, 0.25) is 5.95 Å². The first-order valence-corrected chi connectivity index (χ1v) is 13.2. The van der Waals surface area contributed by atoms with Gasteiger partial charge in [-0.1, -0.05) is 31.9 Å². The number of nitrogens with two attached hydrogens (primary N) is 1. The Bertz CT molecular complexity index is 941. The van der Waals surface area contributed by atoms with Crippen LogP contribution in [0.1, 0.15) is 54.9 Å². The minimum absolute atomic E-state index is 0.151. The van der Waals surface area contributed by atoms with E-state index < -0.39 is 0 Å². The maximum Gasteiger partial charge on any atom is 0.269 e. The summed E-state index contributed by atoms with van der Waals surface area (Å²) in [6.45, 7) is 9.49. The molecule has 2 fully saturated rings. The second kappa shape index (κ2) is 12.0. The van der Waals surface area contributed by atoms with Gasteiger partial charge in [0, 0.05) is 51.0 Å². The van der Waals surface area contributed by atoms with Crippen LogP contribution < -0.4 is 16.2 Å². The Morgan fingerprint density at radius 1 is 1.15 bits per heavy atom. The summed E-state index contributed by atoms with van der Waals surface area (Å²) in [7, 11) is 0. The molecule has 2 heterocycles. The Labute approximate surface area is 211 Å². The van der Waals surface area contributed by atoms with Gasteiger partial charge in [-0.25, -0.2) is 4.98 Å². The molecule has 1 aliphatic heterocycles. The van der Waals surface area contributed by atoms with Gasteiger partial charge in [0.15, 0.2) is 5.82 Å². The molecular formula is C25H36BrN7O. The van der Waals surface area contributed by atoms with E-state index in [1.807, 2.05) is 17.1 Å². The van der Waals surface area contributed by atoms with Gasteiger partial charge in [0.25, 0.3) is 5.91 Å². The fourth-order valence-corrected chi connectivity index (χ4v) is 5.30. The van der Waals surface area contributed by atoms with Crippen LogP contribution in [0.4, 0.5) is 11.8 Å². The lowest BCUT2D eigenvalue weighted by molar-refractivity contribution is 0.0946. The highest BCUT2D eigenvalue weighted by Gasteiger charge is 2.23. The topological polar surface area (TPSA) is 90.6 Å². The Kier molecular flexibility index (Phi) is 8.74. The first kappa shape index (κ1) is 24.9.